The van der Waals surface area contributed by atoms with Crippen LogP contribution in [0.15, 0.2) is 30.6 Å². The van der Waals surface area contributed by atoms with E-state index in [1.807, 2.05) is 36.9 Å². The zero-order chi connectivity index (χ0) is 13.4. The fourth-order valence-corrected chi connectivity index (χ4v) is 2.24. The van der Waals surface area contributed by atoms with E-state index in [-0.39, 0.29) is 5.91 Å². The average molecular weight is 254 g/mol. The van der Waals surface area contributed by atoms with Crippen molar-refractivity contribution in [2.45, 2.75) is 13.8 Å². The fraction of sp³-hybridized carbons (Fsp3) is 0.214. The quantitative estimate of drug-likeness (QED) is 0.849. The van der Waals surface area contributed by atoms with Gasteiger partial charge in [0.15, 0.2) is 5.82 Å². The molecule has 0 atom stereocenters. The number of pyridine rings is 2. The van der Waals surface area contributed by atoms with Crippen LogP contribution in [-0.4, -0.2) is 22.4 Å². The van der Waals surface area contributed by atoms with Crippen LogP contribution in [0.25, 0.3) is 0 Å². The Balaban J connectivity index is 2.26. The lowest BCUT2D eigenvalue weighted by Gasteiger charge is -2.21. The second-order valence-electron chi connectivity index (χ2n) is 4.46. The fourth-order valence-electron chi connectivity index (χ4n) is 2.24. The lowest BCUT2D eigenvalue weighted by Crippen LogP contribution is -2.19. The third-order valence-electron chi connectivity index (χ3n) is 3.11. The summed E-state index contributed by atoms with van der Waals surface area (Å²) in [7, 11) is 0. The Kier molecular flexibility index (Phi) is 2.67. The molecule has 3 heterocycles. The van der Waals surface area contributed by atoms with Crippen LogP contribution in [-0.2, 0) is 0 Å². The van der Waals surface area contributed by atoms with Crippen molar-refractivity contribution in [1.82, 2.24) is 9.97 Å². The molecule has 0 bridgehead atoms. The highest BCUT2D eigenvalue weighted by atomic mass is 16.1. The zero-order valence-corrected chi connectivity index (χ0v) is 10.8. The van der Waals surface area contributed by atoms with E-state index in [0.717, 1.165) is 11.4 Å². The molecule has 0 unspecified atom stereocenters. The maximum atomic E-state index is 12.3. The number of anilines is 3. The van der Waals surface area contributed by atoms with Gasteiger partial charge in [0.05, 0.1) is 11.3 Å². The van der Waals surface area contributed by atoms with E-state index in [1.165, 1.54) is 0 Å². The van der Waals surface area contributed by atoms with Crippen LogP contribution in [0.5, 0.6) is 0 Å². The Morgan fingerprint density at radius 3 is 2.95 bits per heavy atom. The summed E-state index contributed by atoms with van der Waals surface area (Å²) in [6.45, 7) is 4.63. The van der Waals surface area contributed by atoms with Gasteiger partial charge in [-0.15, -0.1) is 0 Å². The Bertz CT molecular complexity index is 654. The predicted octanol–water partition coefficient (Wildman–Crippen LogP) is 2.51. The van der Waals surface area contributed by atoms with E-state index in [9.17, 15) is 4.79 Å². The lowest BCUT2D eigenvalue weighted by molar-refractivity contribution is 0.102. The first-order valence-electron chi connectivity index (χ1n) is 6.21. The van der Waals surface area contributed by atoms with Gasteiger partial charge in [-0.05, 0) is 37.6 Å². The predicted molar refractivity (Wildman–Crippen MR) is 73.8 cm³/mol. The molecule has 5 nitrogen and oxygen atoms in total. The van der Waals surface area contributed by atoms with Crippen molar-refractivity contribution in [3.05, 3.63) is 41.7 Å². The second-order valence-corrected chi connectivity index (χ2v) is 4.46. The van der Waals surface area contributed by atoms with E-state index in [0.29, 0.717) is 23.6 Å². The number of nitrogens with one attached hydrogen (secondary N) is 1. The summed E-state index contributed by atoms with van der Waals surface area (Å²) < 4.78 is 0. The van der Waals surface area contributed by atoms with E-state index in [2.05, 4.69) is 15.3 Å². The van der Waals surface area contributed by atoms with Gasteiger partial charge in [0, 0.05) is 18.9 Å². The zero-order valence-electron chi connectivity index (χ0n) is 10.8. The molecule has 19 heavy (non-hydrogen) atoms. The number of aryl methyl sites for hydroxylation is 1. The summed E-state index contributed by atoms with van der Waals surface area (Å²) in [5.74, 6) is 1.24. The number of carbonyl (C=O) groups excluding carboxylic acids is 1. The van der Waals surface area contributed by atoms with Crippen molar-refractivity contribution in [2.24, 2.45) is 0 Å². The number of fused-ring (bicyclic) bond motifs is 2. The molecule has 0 spiro atoms. The van der Waals surface area contributed by atoms with Crippen LogP contribution in [0, 0.1) is 6.92 Å². The molecule has 1 aliphatic heterocycles. The summed E-state index contributed by atoms with van der Waals surface area (Å²) >= 11 is 0. The highest BCUT2D eigenvalue weighted by Crippen LogP contribution is 2.34. The monoisotopic (exact) mass is 254 g/mol. The highest BCUT2D eigenvalue weighted by molar-refractivity contribution is 6.11. The van der Waals surface area contributed by atoms with Crippen molar-refractivity contribution in [3.8, 4) is 0 Å². The molecule has 0 aliphatic carbocycles. The van der Waals surface area contributed by atoms with Crippen molar-refractivity contribution in [3.63, 3.8) is 0 Å². The van der Waals surface area contributed by atoms with Gasteiger partial charge in [-0.3, -0.25) is 4.79 Å². The van der Waals surface area contributed by atoms with E-state index in [1.54, 1.807) is 12.4 Å². The number of hydrogen-bond donors (Lipinski definition) is 1. The SMILES string of the molecule is CCN1c2ncccc2NC(=O)c2cc(C)cnc21. The van der Waals surface area contributed by atoms with Crippen molar-refractivity contribution >= 4 is 23.2 Å². The molecule has 0 saturated heterocycles. The molecule has 5 heteroatoms. The van der Waals surface area contributed by atoms with Gasteiger partial charge in [-0.1, -0.05) is 0 Å². The van der Waals surface area contributed by atoms with E-state index in [4.69, 9.17) is 0 Å². The first-order valence-corrected chi connectivity index (χ1v) is 6.21. The number of amides is 1. The molecule has 0 fully saturated rings. The largest absolute Gasteiger partial charge is 0.319 e. The Morgan fingerprint density at radius 1 is 1.32 bits per heavy atom. The van der Waals surface area contributed by atoms with Crippen molar-refractivity contribution < 1.29 is 4.79 Å². The molecule has 3 rings (SSSR count). The maximum Gasteiger partial charge on any atom is 0.259 e. The molecule has 1 N–H and O–H groups in total. The van der Waals surface area contributed by atoms with Gasteiger partial charge in [0.25, 0.3) is 5.91 Å². The summed E-state index contributed by atoms with van der Waals surface area (Å²) in [6.07, 6.45) is 3.48. The number of carbonyl (C=O) groups is 1. The smallest absolute Gasteiger partial charge is 0.259 e. The molecule has 0 aromatic carbocycles. The van der Waals surface area contributed by atoms with E-state index >= 15 is 0 Å². The average Bonchev–Trinajstić information content (AvgIpc) is 2.53. The number of nitrogens with zero attached hydrogens (tertiary/aromatic N) is 3. The summed E-state index contributed by atoms with van der Waals surface area (Å²) in [5, 5.41) is 2.89. The van der Waals surface area contributed by atoms with Gasteiger partial charge in [-0.25, -0.2) is 9.97 Å². The molecule has 2 aromatic heterocycles. The van der Waals surface area contributed by atoms with Crippen LogP contribution in [0.1, 0.15) is 22.8 Å². The lowest BCUT2D eigenvalue weighted by atomic mass is 10.2. The van der Waals surface area contributed by atoms with E-state index < -0.39 is 0 Å². The van der Waals surface area contributed by atoms with Gasteiger partial charge in [-0.2, -0.15) is 0 Å². The van der Waals surface area contributed by atoms with Crippen molar-refractivity contribution in [1.29, 1.82) is 0 Å². The summed E-state index contributed by atoms with van der Waals surface area (Å²) in [5.41, 5.74) is 2.26. The number of hydrogen-bond acceptors (Lipinski definition) is 4. The van der Waals surface area contributed by atoms with Crippen LogP contribution in [0.4, 0.5) is 17.3 Å². The minimum atomic E-state index is -0.142. The van der Waals surface area contributed by atoms with Gasteiger partial charge in [0.1, 0.15) is 5.82 Å². The third-order valence-corrected chi connectivity index (χ3v) is 3.11. The number of rotatable bonds is 1. The molecular weight excluding hydrogens is 240 g/mol. The first kappa shape index (κ1) is 11.6. The standard InChI is InChI=1S/C14H14N4O/c1-3-18-12-10(7-9(2)8-16-12)14(19)17-11-5-4-6-15-13(11)18/h4-8H,3H2,1-2H3,(H,17,19). The minimum absolute atomic E-state index is 0.142. The van der Waals surface area contributed by atoms with Crippen LogP contribution in [0.3, 0.4) is 0 Å². The highest BCUT2D eigenvalue weighted by Gasteiger charge is 2.26. The normalized spacial score (nSPS) is 13.4. The molecule has 96 valence electrons. The van der Waals surface area contributed by atoms with Crippen LogP contribution < -0.4 is 10.2 Å². The van der Waals surface area contributed by atoms with Gasteiger partial charge < -0.3 is 10.2 Å². The van der Waals surface area contributed by atoms with Crippen LogP contribution >= 0.6 is 0 Å². The maximum absolute atomic E-state index is 12.3. The molecule has 1 amide bonds. The van der Waals surface area contributed by atoms with Crippen molar-refractivity contribution in [2.75, 3.05) is 16.8 Å². The molecule has 0 radical (unpaired) electrons. The Morgan fingerprint density at radius 2 is 2.16 bits per heavy atom. The summed E-state index contributed by atoms with van der Waals surface area (Å²) in [6, 6.07) is 5.51. The third kappa shape index (κ3) is 1.83. The second kappa shape index (κ2) is 4.35. The minimum Gasteiger partial charge on any atom is -0.319 e. The topological polar surface area (TPSA) is 58.1 Å². The summed E-state index contributed by atoms with van der Waals surface area (Å²) in [4.78, 5) is 23.0. The van der Waals surface area contributed by atoms with Crippen LogP contribution in [0.2, 0.25) is 0 Å². The molecule has 0 saturated carbocycles. The molecular formula is C14H14N4O. The van der Waals surface area contributed by atoms with Gasteiger partial charge >= 0.3 is 0 Å². The molecule has 1 aliphatic rings. The Labute approximate surface area is 111 Å². The molecule has 2 aromatic rings. The van der Waals surface area contributed by atoms with Gasteiger partial charge in [0.2, 0.25) is 0 Å². The Hall–Kier alpha value is -2.43. The first-order chi connectivity index (χ1) is 9.20. The number of aromatic nitrogens is 2.